The van der Waals surface area contributed by atoms with Crippen molar-refractivity contribution in [3.63, 3.8) is 0 Å². The summed E-state index contributed by atoms with van der Waals surface area (Å²) in [5.74, 6) is -0.0858. The number of hydrogen-bond acceptors (Lipinski definition) is 9. The normalized spacial score (nSPS) is 22.2. The minimum atomic E-state index is -0.987. The molecule has 36 heavy (non-hydrogen) atoms. The summed E-state index contributed by atoms with van der Waals surface area (Å²) in [6.07, 6.45) is 1.39. The van der Waals surface area contributed by atoms with Crippen LogP contribution in [0.5, 0.6) is 28.7 Å². The molecule has 2 aromatic carbocycles. The average molecular weight is 498 g/mol. The van der Waals surface area contributed by atoms with E-state index in [9.17, 15) is 14.7 Å². The molecular weight excluding hydrogens is 470 g/mol. The van der Waals surface area contributed by atoms with E-state index in [4.69, 9.17) is 28.4 Å². The zero-order valence-electron chi connectivity index (χ0n) is 20.2. The molecule has 0 aliphatic carbocycles. The van der Waals surface area contributed by atoms with Gasteiger partial charge in [0.15, 0.2) is 11.5 Å². The Morgan fingerprint density at radius 2 is 1.89 bits per heavy atom. The minimum Gasteiger partial charge on any atom is -0.507 e. The summed E-state index contributed by atoms with van der Waals surface area (Å²) in [5.41, 5.74) is 0.673. The number of benzene rings is 2. The highest BCUT2D eigenvalue weighted by Crippen LogP contribution is 2.54. The van der Waals surface area contributed by atoms with Gasteiger partial charge < -0.3 is 38.4 Å². The van der Waals surface area contributed by atoms with Crippen molar-refractivity contribution in [3.8, 4) is 28.7 Å². The summed E-state index contributed by atoms with van der Waals surface area (Å²) < 4.78 is 33.5. The van der Waals surface area contributed by atoms with Crippen molar-refractivity contribution in [3.05, 3.63) is 47.0 Å². The average Bonchev–Trinajstić information content (AvgIpc) is 3.65. The highest BCUT2D eigenvalue weighted by molar-refractivity contribution is 6.46. The number of methoxy groups -OCH3 is 3. The van der Waals surface area contributed by atoms with Crippen LogP contribution in [0.25, 0.3) is 5.76 Å². The van der Waals surface area contributed by atoms with Crippen LogP contribution in [0.4, 0.5) is 0 Å². The SMILES string of the molecule is COc1cccc(C(O)=C2C(=O)C(=O)N(C[C@H]3CCCO3)[C@H]2c2cc(OC)c3c(c2OC)OCO3)c1. The van der Waals surface area contributed by atoms with Gasteiger partial charge >= 0.3 is 0 Å². The smallest absolute Gasteiger partial charge is 0.295 e. The van der Waals surface area contributed by atoms with Crippen LogP contribution in [0.15, 0.2) is 35.9 Å². The van der Waals surface area contributed by atoms with Gasteiger partial charge in [0.05, 0.1) is 39.0 Å². The van der Waals surface area contributed by atoms with Crippen molar-refractivity contribution in [2.24, 2.45) is 0 Å². The molecule has 2 aromatic rings. The van der Waals surface area contributed by atoms with E-state index in [2.05, 4.69) is 0 Å². The molecule has 2 saturated heterocycles. The number of carbonyl (C=O) groups excluding carboxylic acids is 2. The van der Waals surface area contributed by atoms with Gasteiger partial charge in [0, 0.05) is 24.3 Å². The first kappa shape index (κ1) is 23.8. The minimum absolute atomic E-state index is 0.0363. The van der Waals surface area contributed by atoms with Gasteiger partial charge in [0.1, 0.15) is 11.5 Å². The van der Waals surface area contributed by atoms with Crippen LogP contribution in [0, 0.1) is 0 Å². The first-order valence-electron chi connectivity index (χ1n) is 11.6. The monoisotopic (exact) mass is 497 g/mol. The van der Waals surface area contributed by atoms with Crippen LogP contribution in [0.3, 0.4) is 0 Å². The third kappa shape index (κ3) is 3.87. The number of ether oxygens (including phenoxy) is 6. The van der Waals surface area contributed by atoms with E-state index in [1.807, 2.05) is 0 Å². The van der Waals surface area contributed by atoms with Gasteiger partial charge in [-0.2, -0.15) is 0 Å². The fraction of sp³-hybridized carbons (Fsp3) is 0.385. The fourth-order valence-corrected chi connectivity index (χ4v) is 4.92. The number of aliphatic hydroxyl groups is 1. The third-order valence-corrected chi connectivity index (χ3v) is 6.62. The molecule has 0 saturated carbocycles. The number of Topliss-reactive ketones (excluding diaryl/α,β-unsaturated/α-hetero) is 1. The summed E-state index contributed by atoms with van der Waals surface area (Å²) >= 11 is 0. The van der Waals surface area contributed by atoms with E-state index >= 15 is 0 Å². The van der Waals surface area contributed by atoms with Crippen molar-refractivity contribution >= 4 is 17.4 Å². The van der Waals surface area contributed by atoms with Gasteiger partial charge in [0.25, 0.3) is 11.7 Å². The van der Waals surface area contributed by atoms with E-state index in [1.54, 1.807) is 30.3 Å². The maximum Gasteiger partial charge on any atom is 0.295 e. The lowest BCUT2D eigenvalue weighted by Gasteiger charge is -2.29. The van der Waals surface area contributed by atoms with Gasteiger partial charge in [-0.15, -0.1) is 0 Å². The molecule has 2 atom stereocenters. The van der Waals surface area contributed by atoms with Crippen LogP contribution >= 0.6 is 0 Å². The quantitative estimate of drug-likeness (QED) is 0.350. The molecule has 1 amide bonds. The first-order chi connectivity index (χ1) is 17.5. The molecule has 0 aromatic heterocycles. The molecule has 10 heteroatoms. The van der Waals surface area contributed by atoms with E-state index in [1.165, 1.54) is 26.2 Å². The second kappa shape index (κ2) is 9.62. The topological polar surface area (TPSA) is 113 Å². The molecule has 5 rings (SSSR count). The van der Waals surface area contributed by atoms with E-state index in [-0.39, 0.29) is 36.5 Å². The Kier molecular flexibility index (Phi) is 6.36. The molecule has 3 heterocycles. The van der Waals surface area contributed by atoms with Gasteiger partial charge in [-0.1, -0.05) is 12.1 Å². The molecule has 2 fully saturated rings. The van der Waals surface area contributed by atoms with Crippen LogP contribution in [0.1, 0.15) is 30.0 Å². The second-order valence-corrected chi connectivity index (χ2v) is 8.58. The third-order valence-electron chi connectivity index (χ3n) is 6.62. The maximum absolute atomic E-state index is 13.4. The number of amides is 1. The first-order valence-corrected chi connectivity index (χ1v) is 11.6. The zero-order valence-corrected chi connectivity index (χ0v) is 20.2. The molecule has 0 spiro atoms. The summed E-state index contributed by atoms with van der Waals surface area (Å²) in [6, 6.07) is 7.30. The molecule has 10 nitrogen and oxygen atoms in total. The van der Waals surface area contributed by atoms with Crippen LogP contribution in [-0.2, 0) is 14.3 Å². The zero-order chi connectivity index (χ0) is 25.4. The Morgan fingerprint density at radius 1 is 1.08 bits per heavy atom. The van der Waals surface area contributed by atoms with Gasteiger partial charge in [-0.3, -0.25) is 9.59 Å². The number of ketones is 1. The van der Waals surface area contributed by atoms with Crippen LogP contribution in [0.2, 0.25) is 0 Å². The molecule has 0 radical (unpaired) electrons. The lowest BCUT2D eigenvalue weighted by Crippen LogP contribution is -2.36. The predicted octanol–water partition coefficient (Wildman–Crippen LogP) is 3.04. The lowest BCUT2D eigenvalue weighted by molar-refractivity contribution is -0.140. The number of rotatable bonds is 7. The fourth-order valence-electron chi connectivity index (χ4n) is 4.92. The van der Waals surface area contributed by atoms with Crippen LogP contribution < -0.4 is 23.7 Å². The largest absolute Gasteiger partial charge is 0.507 e. The summed E-state index contributed by atoms with van der Waals surface area (Å²) in [7, 11) is 4.44. The standard InChI is InChI=1S/C26H27NO9/c1-31-15-7-4-6-14(10-15)21(28)19-20(27(26(30)22(19)29)12-16-8-5-9-34-16)17-11-18(32-2)24-25(23(17)33-3)36-13-35-24/h4,6-7,10-11,16,20,28H,5,8-9,12-13H2,1-3H3/t16-,20+/m1/s1. The molecule has 3 aliphatic heterocycles. The Labute approximate surface area is 207 Å². The molecular formula is C26H27NO9. The summed E-state index contributed by atoms with van der Waals surface area (Å²) in [6.45, 7) is 0.722. The number of likely N-dealkylation sites (tertiary alicyclic amines) is 1. The second-order valence-electron chi connectivity index (χ2n) is 8.58. The van der Waals surface area contributed by atoms with Gasteiger partial charge in [-0.05, 0) is 31.0 Å². The van der Waals surface area contributed by atoms with Gasteiger partial charge in [0.2, 0.25) is 18.3 Å². The van der Waals surface area contributed by atoms with Crippen molar-refractivity contribution < 1.29 is 43.1 Å². The number of hydrogen-bond donors (Lipinski definition) is 1. The molecule has 1 N–H and O–H groups in total. The number of aliphatic hydroxyl groups excluding tert-OH is 1. The van der Waals surface area contributed by atoms with Crippen molar-refractivity contribution in [1.82, 2.24) is 4.90 Å². The van der Waals surface area contributed by atoms with Crippen molar-refractivity contribution in [2.45, 2.75) is 25.0 Å². The Morgan fingerprint density at radius 3 is 2.58 bits per heavy atom. The number of fused-ring (bicyclic) bond motifs is 1. The van der Waals surface area contributed by atoms with Gasteiger partial charge in [-0.25, -0.2) is 0 Å². The van der Waals surface area contributed by atoms with E-state index < -0.39 is 17.7 Å². The lowest BCUT2D eigenvalue weighted by atomic mass is 9.93. The summed E-state index contributed by atoms with van der Waals surface area (Å²) in [5, 5.41) is 11.4. The highest BCUT2D eigenvalue weighted by atomic mass is 16.7. The van der Waals surface area contributed by atoms with Crippen molar-refractivity contribution in [1.29, 1.82) is 0 Å². The predicted molar refractivity (Wildman–Crippen MR) is 127 cm³/mol. The Bertz CT molecular complexity index is 1230. The molecule has 0 unspecified atom stereocenters. The summed E-state index contributed by atoms with van der Waals surface area (Å²) in [4.78, 5) is 28.2. The number of nitrogens with zero attached hydrogens (tertiary/aromatic N) is 1. The highest BCUT2D eigenvalue weighted by Gasteiger charge is 2.49. The maximum atomic E-state index is 13.4. The molecule has 0 bridgehead atoms. The Balaban J connectivity index is 1.73. The van der Waals surface area contributed by atoms with E-state index in [0.717, 1.165) is 12.8 Å². The van der Waals surface area contributed by atoms with Crippen molar-refractivity contribution in [2.75, 3.05) is 41.3 Å². The number of carbonyl (C=O) groups is 2. The van der Waals surface area contributed by atoms with E-state index in [0.29, 0.717) is 40.7 Å². The Hall–Kier alpha value is -3.92. The molecule has 3 aliphatic rings. The molecule has 190 valence electrons. The van der Waals surface area contributed by atoms with Crippen LogP contribution in [-0.4, -0.2) is 69.1 Å².